The van der Waals surface area contributed by atoms with E-state index in [4.69, 9.17) is 5.26 Å². The molecule has 2 rings (SSSR count). The third-order valence-corrected chi connectivity index (χ3v) is 4.34. The zero-order valence-corrected chi connectivity index (χ0v) is 9.81. The second-order valence-electron chi connectivity index (χ2n) is 4.44. The van der Waals surface area contributed by atoms with Crippen molar-refractivity contribution in [2.75, 3.05) is 5.75 Å². The predicted octanol–water partition coefficient (Wildman–Crippen LogP) is 3.78. The maximum Gasteiger partial charge on any atom is 0.0627 e. The molecule has 0 radical (unpaired) electrons. The fraction of sp³-hybridized carbons (Fsp3) is 0.462. The first-order chi connectivity index (χ1) is 7.24. The van der Waals surface area contributed by atoms with Crippen molar-refractivity contribution in [1.82, 2.24) is 0 Å². The van der Waals surface area contributed by atoms with Crippen LogP contribution in [-0.4, -0.2) is 5.75 Å². The van der Waals surface area contributed by atoms with E-state index < -0.39 is 0 Å². The van der Waals surface area contributed by atoms with Gasteiger partial charge in [-0.1, -0.05) is 17.7 Å². The van der Waals surface area contributed by atoms with Gasteiger partial charge in [-0.05, 0) is 37.3 Å². The van der Waals surface area contributed by atoms with E-state index >= 15 is 0 Å². The van der Waals surface area contributed by atoms with Gasteiger partial charge in [0.15, 0.2) is 0 Å². The first kappa shape index (κ1) is 10.6. The highest BCUT2D eigenvalue weighted by atomic mass is 32.2. The van der Waals surface area contributed by atoms with Crippen LogP contribution in [0.3, 0.4) is 0 Å². The van der Waals surface area contributed by atoms with E-state index in [0.717, 1.165) is 12.2 Å². The highest BCUT2D eigenvalue weighted by Gasteiger charge is 2.42. The van der Waals surface area contributed by atoms with Gasteiger partial charge < -0.3 is 0 Å². The summed E-state index contributed by atoms with van der Waals surface area (Å²) in [5, 5.41) is 8.72. The molecule has 0 bridgehead atoms. The van der Waals surface area contributed by atoms with Crippen LogP contribution in [0.1, 0.15) is 24.8 Å². The number of thioether (sulfide) groups is 1. The molecule has 1 fully saturated rings. The highest BCUT2D eigenvalue weighted by Crippen LogP contribution is 2.51. The Morgan fingerprint density at radius 3 is 2.53 bits per heavy atom. The number of aryl methyl sites for hydroxylation is 1. The van der Waals surface area contributed by atoms with Crippen molar-refractivity contribution in [3.63, 3.8) is 0 Å². The summed E-state index contributed by atoms with van der Waals surface area (Å²) in [6.07, 6.45) is 3.20. The van der Waals surface area contributed by atoms with E-state index in [2.05, 4.69) is 37.3 Å². The molecular formula is C13H15NS. The zero-order valence-electron chi connectivity index (χ0n) is 8.99. The summed E-state index contributed by atoms with van der Waals surface area (Å²) >= 11 is 1.89. The molecule has 0 N–H and O–H groups in total. The maximum atomic E-state index is 8.72. The van der Waals surface area contributed by atoms with Crippen LogP contribution in [0.5, 0.6) is 0 Å². The third kappa shape index (κ3) is 2.76. The van der Waals surface area contributed by atoms with Crippen LogP contribution in [0.4, 0.5) is 0 Å². The zero-order chi connectivity index (χ0) is 10.7. The normalized spacial score (nSPS) is 17.1. The van der Waals surface area contributed by atoms with E-state index in [1.165, 1.54) is 23.3 Å². The number of hydrogen-bond acceptors (Lipinski definition) is 2. The van der Waals surface area contributed by atoms with Crippen molar-refractivity contribution in [2.45, 2.75) is 31.1 Å². The number of nitriles is 1. The van der Waals surface area contributed by atoms with Crippen molar-refractivity contribution < 1.29 is 0 Å². The lowest BCUT2D eigenvalue weighted by molar-refractivity contribution is 0.604. The molecular weight excluding hydrogens is 202 g/mol. The summed E-state index contributed by atoms with van der Waals surface area (Å²) in [5.41, 5.74) is 1.65. The van der Waals surface area contributed by atoms with E-state index in [9.17, 15) is 0 Å². The van der Waals surface area contributed by atoms with Crippen LogP contribution in [0.15, 0.2) is 29.2 Å². The minimum atomic E-state index is 0.351. The van der Waals surface area contributed by atoms with E-state index in [-0.39, 0.29) is 0 Å². The van der Waals surface area contributed by atoms with Crippen molar-refractivity contribution >= 4 is 11.8 Å². The van der Waals surface area contributed by atoms with Gasteiger partial charge >= 0.3 is 0 Å². The predicted molar refractivity (Wildman–Crippen MR) is 63.8 cm³/mol. The topological polar surface area (TPSA) is 23.8 Å². The highest BCUT2D eigenvalue weighted by molar-refractivity contribution is 7.99. The molecule has 0 spiro atoms. The summed E-state index contributed by atoms with van der Waals surface area (Å²) in [5.74, 6) is 1.10. The maximum absolute atomic E-state index is 8.72. The Morgan fingerprint density at radius 2 is 2.00 bits per heavy atom. The van der Waals surface area contributed by atoms with Gasteiger partial charge in [0, 0.05) is 17.1 Å². The summed E-state index contributed by atoms with van der Waals surface area (Å²) in [6.45, 7) is 2.10. The summed E-state index contributed by atoms with van der Waals surface area (Å²) in [6, 6.07) is 10.9. The van der Waals surface area contributed by atoms with E-state index in [1.54, 1.807) is 0 Å². The van der Waals surface area contributed by atoms with E-state index in [0.29, 0.717) is 5.41 Å². The lowest BCUT2D eigenvalue weighted by Crippen LogP contribution is -2.02. The van der Waals surface area contributed by atoms with Crippen LogP contribution < -0.4 is 0 Å². The minimum absolute atomic E-state index is 0.351. The van der Waals surface area contributed by atoms with Crippen molar-refractivity contribution in [2.24, 2.45) is 5.41 Å². The van der Waals surface area contributed by atoms with Crippen LogP contribution in [0.25, 0.3) is 0 Å². The van der Waals surface area contributed by atoms with Gasteiger partial charge in [-0.2, -0.15) is 5.26 Å². The van der Waals surface area contributed by atoms with Crippen LogP contribution in [-0.2, 0) is 0 Å². The Balaban J connectivity index is 1.88. The third-order valence-electron chi connectivity index (χ3n) is 2.98. The number of benzene rings is 1. The van der Waals surface area contributed by atoms with Crippen LogP contribution >= 0.6 is 11.8 Å². The van der Waals surface area contributed by atoms with Crippen LogP contribution in [0.2, 0.25) is 0 Å². The Morgan fingerprint density at radius 1 is 1.33 bits per heavy atom. The average molecular weight is 217 g/mol. The number of nitrogens with zero attached hydrogens (tertiary/aromatic N) is 1. The molecule has 15 heavy (non-hydrogen) atoms. The average Bonchev–Trinajstić information content (AvgIpc) is 2.99. The van der Waals surface area contributed by atoms with Gasteiger partial charge in [0.1, 0.15) is 0 Å². The van der Waals surface area contributed by atoms with Gasteiger partial charge in [0.05, 0.1) is 6.07 Å². The Hall–Kier alpha value is -0.940. The number of rotatable bonds is 4. The standard InChI is InChI=1S/C13H15NS/c1-11-2-4-12(5-3-11)15-10-13(6-7-13)8-9-14/h2-5H,6-8,10H2,1H3. The second kappa shape index (κ2) is 4.28. The summed E-state index contributed by atoms with van der Waals surface area (Å²) < 4.78 is 0. The molecule has 1 aromatic rings. The van der Waals surface area contributed by atoms with Crippen molar-refractivity contribution in [3.05, 3.63) is 29.8 Å². The first-order valence-corrected chi connectivity index (χ1v) is 6.29. The SMILES string of the molecule is Cc1ccc(SCC2(CC#N)CC2)cc1. The minimum Gasteiger partial charge on any atom is -0.198 e. The molecule has 1 nitrogen and oxygen atoms in total. The lowest BCUT2D eigenvalue weighted by Gasteiger charge is -2.09. The molecule has 0 aromatic heterocycles. The van der Waals surface area contributed by atoms with Gasteiger partial charge in [0.25, 0.3) is 0 Å². The molecule has 0 heterocycles. The molecule has 0 saturated heterocycles. The quantitative estimate of drug-likeness (QED) is 0.717. The Labute approximate surface area is 95.5 Å². The molecule has 78 valence electrons. The van der Waals surface area contributed by atoms with Gasteiger partial charge in [0.2, 0.25) is 0 Å². The molecule has 0 atom stereocenters. The van der Waals surface area contributed by atoms with E-state index in [1.807, 2.05) is 11.8 Å². The lowest BCUT2D eigenvalue weighted by atomic mass is 10.1. The van der Waals surface area contributed by atoms with Gasteiger partial charge in [-0.15, -0.1) is 11.8 Å². The van der Waals surface area contributed by atoms with Crippen LogP contribution in [0, 0.1) is 23.7 Å². The molecule has 1 saturated carbocycles. The Kier molecular flexibility index (Phi) is 3.02. The largest absolute Gasteiger partial charge is 0.198 e. The molecule has 2 heteroatoms. The number of hydrogen-bond donors (Lipinski definition) is 0. The fourth-order valence-electron chi connectivity index (χ4n) is 1.59. The Bertz CT molecular complexity index is 371. The fourth-order valence-corrected chi connectivity index (χ4v) is 2.78. The molecule has 1 aliphatic carbocycles. The molecule has 0 amide bonds. The smallest absolute Gasteiger partial charge is 0.0627 e. The molecule has 1 aliphatic rings. The van der Waals surface area contributed by atoms with Crippen molar-refractivity contribution in [1.29, 1.82) is 5.26 Å². The first-order valence-electron chi connectivity index (χ1n) is 5.31. The molecule has 0 aliphatic heterocycles. The van der Waals surface area contributed by atoms with Gasteiger partial charge in [-0.3, -0.25) is 0 Å². The monoisotopic (exact) mass is 217 g/mol. The molecule has 1 aromatic carbocycles. The van der Waals surface area contributed by atoms with Crippen molar-refractivity contribution in [3.8, 4) is 6.07 Å². The second-order valence-corrected chi connectivity index (χ2v) is 5.49. The summed E-state index contributed by atoms with van der Waals surface area (Å²) in [4.78, 5) is 1.32. The molecule has 0 unspecified atom stereocenters. The van der Waals surface area contributed by atoms with Gasteiger partial charge in [-0.25, -0.2) is 0 Å². The summed E-state index contributed by atoms with van der Waals surface area (Å²) in [7, 11) is 0.